The van der Waals surface area contributed by atoms with E-state index in [1.54, 1.807) is 14.2 Å². The van der Waals surface area contributed by atoms with E-state index in [1.165, 1.54) is 11.3 Å². The van der Waals surface area contributed by atoms with Crippen LogP contribution in [0.15, 0.2) is 18.2 Å². The summed E-state index contributed by atoms with van der Waals surface area (Å²) in [6.07, 6.45) is 0.742. The molecule has 0 unspecified atom stereocenters. The van der Waals surface area contributed by atoms with Crippen molar-refractivity contribution in [3.63, 3.8) is 0 Å². The normalized spacial score (nSPS) is 10.0. The van der Waals surface area contributed by atoms with Crippen LogP contribution in [0.3, 0.4) is 0 Å². The van der Waals surface area contributed by atoms with Crippen molar-refractivity contribution >= 4 is 11.3 Å². The number of aryl methyl sites for hydroxylation is 1. The molecule has 0 aliphatic heterocycles. The van der Waals surface area contributed by atoms with Crippen molar-refractivity contribution in [2.75, 3.05) is 14.2 Å². The molecule has 0 saturated carbocycles. The zero-order chi connectivity index (χ0) is 13.8. The molecule has 0 N–H and O–H groups in total. The lowest BCUT2D eigenvalue weighted by molar-refractivity contribution is 0.356. The highest BCUT2D eigenvalue weighted by Crippen LogP contribution is 2.40. The Balaban J connectivity index is 2.59. The molecule has 0 radical (unpaired) electrons. The molecule has 4 nitrogen and oxygen atoms in total. The summed E-state index contributed by atoms with van der Waals surface area (Å²) < 4.78 is 10.7. The Morgan fingerprint density at radius 2 is 2.11 bits per heavy atom. The van der Waals surface area contributed by atoms with Crippen LogP contribution in [0.2, 0.25) is 0 Å². The molecule has 2 rings (SSSR count). The van der Waals surface area contributed by atoms with Crippen LogP contribution < -0.4 is 9.47 Å². The Bertz CT molecular complexity index is 629. The van der Waals surface area contributed by atoms with Gasteiger partial charge in [-0.15, -0.1) is 11.3 Å². The maximum Gasteiger partial charge on any atom is 0.170 e. The average Bonchev–Trinajstić information content (AvgIpc) is 2.89. The zero-order valence-electron chi connectivity index (χ0n) is 11.1. The van der Waals surface area contributed by atoms with E-state index in [4.69, 9.17) is 14.7 Å². The van der Waals surface area contributed by atoms with E-state index in [-0.39, 0.29) is 0 Å². The fourth-order valence-corrected chi connectivity index (χ4v) is 2.82. The summed E-state index contributed by atoms with van der Waals surface area (Å²) in [7, 11) is 3.20. The Kier molecular flexibility index (Phi) is 4.03. The molecule has 1 aromatic carbocycles. The van der Waals surface area contributed by atoms with Gasteiger partial charge in [0.2, 0.25) is 0 Å². The number of aromatic nitrogens is 1. The Hall–Kier alpha value is -2.06. The van der Waals surface area contributed by atoms with E-state index < -0.39 is 0 Å². The minimum atomic E-state index is 0.644. The molecule has 2 aromatic rings. The lowest BCUT2D eigenvalue weighted by Crippen LogP contribution is -1.93. The van der Waals surface area contributed by atoms with Gasteiger partial charge in [0.15, 0.2) is 11.5 Å². The van der Waals surface area contributed by atoms with Crippen molar-refractivity contribution in [1.29, 1.82) is 5.26 Å². The third-order valence-corrected chi connectivity index (χ3v) is 3.80. The first kappa shape index (κ1) is 13.4. The van der Waals surface area contributed by atoms with E-state index in [2.05, 4.69) is 11.1 Å². The predicted molar refractivity (Wildman–Crippen MR) is 74.7 cm³/mol. The van der Waals surface area contributed by atoms with E-state index in [1.807, 2.05) is 25.1 Å². The largest absolute Gasteiger partial charge is 0.493 e. The molecule has 0 spiro atoms. The van der Waals surface area contributed by atoms with Crippen molar-refractivity contribution in [3.8, 4) is 28.1 Å². The van der Waals surface area contributed by atoms with Gasteiger partial charge in [-0.05, 0) is 18.6 Å². The number of hydrogen-bond donors (Lipinski definition) is 0. The summed E-state index contributed by atoms with van der Waals surface area (Å²) in [5.74, 6) is 1.30. The number of methoxy groups -OCH3 is 2. The fourth-order valence-electron chi connectivity index (χ4n) is 1.85. The molecule has 0 bridgehead atoms. The molecule has 1 aromatic heterocycles. The molecule has 19 heavy (non-hydrogen) atoms. The second-order valence-electron chi connectivity index (χ2n) is 3.80. The van der Waals surface area contributed by atoms with Gasteiger partial charge in [-0.25, -0.2) is 4.98 Å². The zero-order valence-corrected chi connectivity index (χ0v) is 11.9. The van der Waals surface area contributed by atoms with Crippen LogP contribution in [0, 0.1) is 11.3 Å². The van der Waals surface area contributed by atoms with Gasteiger partial charge >= 0.3 is 0 Å². The van der Waals surface area contributed by atoms with Crippen molar-refractivity contribution in [2.45, 2.75) is 13.3 Å². The fraction of sp³-hybridized carbons (Fsp3) is 0.286. The maximum atomic E-state index is 9.10. The monoisotopic (exact) mass is 274 g/mol. The topological polar surface area (TPSA) is 55.1 Å². The molecule has 98 valence electrons. The summed E-state index contributed by atoms with van der Waals surface area (Å²) in [5.41, 5.74) is 1.68. The maximum absolute atomic E-state index is 9.10. The highest BCUT2D eigenvalue weighted by molar-refractivity contribution is 7.15. The van der Waals surface area contributed by atoms with Crippen LogP contribution in [-0.2, 0) is 6.42 Å². The Labute approximate surface area is 116 Å². The van der Waals surface area contributed by atoms with Crippen molar-refractivity contribution in [1.82, 2.24) is 4.98 Å². The van der Waals surface area contributed by atoms with Crippen LogP contribution >= 0.6 is 11.3 Å². The smallest absolute Gasteiger partial charge is 0.170 e. The third kappa shape index (κ3) is 2.40. The molecule has 0 fully saturated rings. The van der Waals surface area contributed by atoms with E-state index in [0.29, 0.717) is 16.4 Å². The minimum Gasteiger partial charge on any atom is -0.493 e. The number of thiazole rings is 1. The van der Waals surface area contributed by atoms with Gasteiger partial charge in [0.1, 0.15) is 16.0 Å². The van der Waals surface area contributed by atoms with E-state index in [0.717, 1.165) is 22.7 Å². The van der Waals surface area contributed by atoms with Crippen LogP contribution in [0.5, 0.6) is 11.5 Å². The number of rotatable bonds is 4. The minimum absolute atomic E-state index is 0.644. The van der Waals surface area contributed by atoms with Crippen LogP contribution in [-0.4, -0.2) is 19.2 Å². The lowest BCUT2D eigenvalue weighted by Gasteiger charge is -2.10. The first-order chi connectivity index (χ1) is 9.24. The molecule has 0 amide bonds. The quantitative estimate of drug-likeness (QED) is 0.858. The number of nitrogens with zero attached hydrogens (tertiary/aromatic N) is 2. The van der Waals surface area contributed by atoms with Gasteiger partial charge < -0.3 is 9.47 Å². The summed E-state index contributed by atoms with van der Waals surface area (Å²) in [5, 5.41) is 9.88. The summed E-state index contributed by atoms with van der Waals surface area (Å²) in [6.45, 7) is 1.99. The van der Waals surface area contributed by atoms with Crippen molar-refractivity contribution in [2.24, 2.45) is 0 Å². The predicted octanol–water partition coefficient (Wildman–Crippen LogP) is 3.26. The molecule has 0 saturated heterocycles. The molecule has 5 heteroatoms. The molecule has 0 atom stereocenters. The van der Waals surface area contributed by atoms with Gasteiger partial charge in [0.05, 0.1) is 25.5 Å². The Morgan fingerprint density at radius 3 is 2.63 bits per heavy atom. The van der Waals surface area contributed by atoms with Gasteiger partial charge in [0.25, 0.3) is 0 Å². The SMILES string of the molecule is CCc1nc(-c2cccc(OC)c2OC)sc1C#N. The van der Waals surface area contributed by atoms with Crippen LogP contribution in [0.25, 0.3) is 10.6 Å². The second kappa shape index (κ2) is 5.72. The van der Waals surface area contributed by atoms with Crippen LogP contribution in [0.4, 0.5) is 0 Å². The summed E-state index contributed by atoms with van der Waals surface area (Å²) in [4.78, 5) is 5.17. The molecular weight excluding hydrogens is 260 g/mol. The number of ether oxygens (including phenoxy) is 2. The molecule has 1 heterocycles. The molecule has 0 aliphatic rings. The number of hydrogen-bond acceptors (Lipinski definition) is 5. The first-order valence-electron chi connectivity index (χ1n) is 5.86. The van der Waals surface area contributed by atoms with E-state index in [9.17, 15) is 0 Å². The van der Waals surface area contributed by atoms with Gasteiger partial charge in [0, 0.05) is 0 Å². The van der Waals surface area contributed by atoms with Crippen molar-refractivity contribution in [3.05, 3.63) is 28.8 Å². The second-order valence-corrected chi connectivity index (χ2v) is 4.80. The number of para-hydroxylation sites is 1. The molecule has 0 aliphatic carbocycles. The molecular formula is C14H14N2O2S. The lowest BCUT2D eigenvalue weighted by atomic mass is 10.2. The van der Waals surface area contributed by atoms with Crippen molar-refractivity contribution < 1.29 is 9.47 Å². The number of benzene rings is 1. The van der Waals surface area contributed by atoms with Crippen LogP contribution in [0.1, 0.15) is 17.5 Å². The third-order valence-electron chi connectivity index (χ3n) is 2.77. The van der Waals surface area contributed by atoms with Gasteiger partial charge in [-0.1, -0.05) is 13.0 Å². The summed E-state index contributed by atoms with van der Waals surface area (Å²) >= 11 is 1.38. The Morgan fingerprint density at radius 1 is 1.32 bits per heavy atom. The summed E-state index contributed by atoms with van der Waals surface area (Å²) in [6, 6.07) is 7.82. The highest BCUT2D eigenvalue weighted by Gasteiger charge is 2.17. The van der Waals surface area contributed by atoms with Gasteiger partial charge in [-0.2, -0.15) is 5.26 Å². The highest BCUT2D eigenvalue weighted by atomic mass is 32.1. The average molecular weight is 274 g/mol. The standard InChI is InChI=1S/C14H14N2O2S/c1-4-10-12(8-15)19-14(16-10)9-6-5-7-11(17-2)13(9)18-3/h5-7H,4H2,1-3H3. The van der Waals surface area contributed by atoms with Gasteiger partial charge in [-0.3, -0.25) is 0 Å². The number of nitriles is 1. The van der Waals surface area contributed by atoms with E-state index >= 15 is 0 Å². The first-order valence-corrected chi connectivity index (χ1v) is 6.67.